The number of anilines is 1. The first-order valence-electron chi connectivity index (χ1n) is 6.32. The fraction of sp³-hybridized carbons (Fsp3) is 0.357. The second-order valence-electron chi connectivity index (χ2n) is 4.02. The van der Waals surface area contributed by atoms with Crippen molar-refractivity contribution in [3.05, 3.63) is 29.8 Å². The van der Waals surface area contributed by atoms with E-state index in [-0.39, 0.29) is 13.2 Å². The highest BCUT2D eigenvalue weighted by Gasteiger charge is 2.17. The molecule has 0 spiro atoms. The van der Waals surface area contributed by atoms with Crippen LogP contribution in [0.5, 0.6) is 0 Å². The molecular weight excluding hydrogens is 294 g/mol. The lowest BCUT2D eigenvalue weighted by Gasteiger charge is -2.07. The third kappa shape index (κ3) is 6.79. The SMILES string of the molecule is CCOC(=O)CS(=O)(=O)Nc1cccc(C#CCCO)c1. The Morgan fingerprint density at radius 2 is 2.19 bits per heavy atom. The van der Waals surface area contributed by atoms with Crippen molar-refractivity contribution < 1.29 is 23.1 Å². The van der Waals surface area contributed by atoms with Crippen LogP contribution in [-0.4, -0.2) is 38.5 Å². The molecule has 0 heterocycles. The van der Waals surface area contributed by atoms with Gasteiger partial charge in [0.1, 0.15) is 0 Å². The normalized spacial score (nSPS) is 10.4. The summed E-state index contributed by atoms with van der Waals surface area (Å²) in [5.41, 5.74) is 0.926. The van der Waals surface area contributed by atoms with Gasteiger partial charge >= 0.3 is 5.97 Å². The molecule has 0 bridgehead atoms. The monoisotopic (exact) mass is 311 g/mol. The zero-order valence-electron chi connectivity index (χ0n) is 11.6. The summed E-state index contributed by atoms with van der Waals surface area (Å²) in [6, 6.07) is 6.46. The molecule has 0 saturated heterocycles. The van der Waals surface area contributed by atoms with Crippen molar-refractivity contribution in [1.82, 2.24) is 0 Å². The topological polar surface area (TPSA) is 92.7 Å². The van der Waals surface area contributed by atoms with Crippen LogP contribution in [0.2, 0.25) is 0 Å². The van der Waals surface area contributed by atoms with Gasteiger partial charge in [0.25, 0.3) is 0 Å². The zero-order valence-corrected chi connectivity index (χ0v) is 12.4. The van der Waals surface area contributed by atoms with Gasteiger partial charge in [-0.3, -0.25) is 9.52 Å². The Kier molecular flexibility index (Phi) is 6.72. The van der Waals surface area contributed by atoms with E-state index < -0.39 is 21.7 Å². The van der Waals surface area contributed by atoms with Gasteiger partial charge in [-0.15, -0.1) is 0 Å². The van der Waals surface area contributed by atoms with Crippen LogP contribution >= 0.6 is 0 Å². The van der Waals surface area contributed by atoms with Gasteiger partial charge in [0.2, 0.25) is 10.0 Å². The zero-order chi connectivity index (χ0) is 15.7. The fourth-order valence-electron chi connectivity index (χ4n) is 1.45. The van der Waals surface area contributed by atoms with Crippen molar-refractivity contribution >= 4 is 21.7 Å². The molecule has 0 fully saturated rings. The quantitative estimate of drug-likeness (QED) is 0.597. The van der Waals surface area contributed by atoms with Crippen molar-refractivity contribution in [1.29, 1.82) is 0 Å². The summed E-state index contributed by atoms with van der Waals surface area (Å²) in [5.74, 6) is 4.00. The van der Waals surface area contributed by atoms with E-state index in [4.69, 9.17) is 5.11 Å². The molecule has 1 aromatic carbocycles. The van der Waals surface area contributed by atoms with E-state index in [2.05, 4.69) is 21.3 Å². The summed E-state index contributed by atoms with van der Waals surface area (Å²) in [4.78, 5) is 11.2. The summed E-state index contributed by atoms with van der Waals surface area (Å²) in [7, 11) is -3.81. The highest BCUT2D eigenvalue weighted by Crippen LogP contribution is 2.12. The maximum atomic E-state index is 11.8. The number of aliphatic hydroxyl groups excluding tert-OH is 1. The number of nitrogens with one attached hydrogen (secondary N) is 1. The molecule has 7 heteroatoms. The molecule has 0 amide bonds. The molecule has 0 aromatic heterocycles. The Morgan fingerprint density at radius 1 is 1.43 bits per heavy atom. The first-order chi connectivity index (χ1) is 9.96. The van der Waals surface area contributed by atoms with E-state index in [1.54, 1.807) is 31.2 Å². The number of sulfonamides is 1. The summed E-state index contributed by atoms with van der Waals surface area (Å²) in [6.45, 7) is 1.70. The van der Waals surface area contributed by atoms with Crippen molar-refractivity contribution in [2.24, 2.45) is 0 Å². The highest BCUT2D eigenvalue weighted by atomic mass is 32.2. The van der Waals surface area contributed by atoms with Crippen molar-refractivity contribution in [3.63, 3.8) is 0 Å². The van der Waals surface area contributed by atoms with Crippen molar-refractivity contribution in [2.75, 3.05) is 23.7 Å². The lowest BCUT2D eigenvalue weighted by molar-refractivity contribution is -0.139. The summed E-state index contributed by atoms with van der Waals surface area (Å²) >= 11 is 0. The Bertz CT molecular complexity index is 643. The van der Waals surface area contributed by atoms with Gasteiger partial charge in [0.05, 0.1) is 13.2 Å². The first kappa shape index (κ1) is 17.0. The summed E-state index contributed by atoms with van der Waals surface area (Å²) < 4.78 is 30.4. The number of hydrogen-bond donors (Lipinski definition) is 2. The van der Waals surface area contributed by atoms with Gasteiger partial charge in [0.15, 0.2) is 5.75 Å². The summed E-state index contributed by atoms with van der Waals surface area (Å²) in [6.07, 6.45) is 0.346. The number of ether oxygens (including phenoxy) is 1. The van der Waals surface area contributed by atoms with Crippen LogP contribution in [0.15, 0.2) is 24.3 Å². The molecule has 2 N–H and O–H groups in total. The van der Waals surface area contributed by atoms with E-state index in [1.165, 1.54) is 0 Å². The Labute approximate surface area is 124 Å². The number of carbonyl (C=O) groups excluding carboxylic acids is 1. The summed E-state index contributed by atoms with van der Waals surface area (Å²) in [5, 5.41) is 8.64. The largest absolute Gasteiger partial charge is 0.465 e. The minimum Gasteiger partial charge on any atom is -0.465 e. The van der Waals surface area contributed by atoms with E-state index in [0.717, 1.165) is 0 Å². The predicted molar refractivity (Wildman–Crippen MR) is 79.1 cm³/mol. The van der Waals surface area contributed by atoms with Gasteiger partial charge in [0, 0.05) is 17.7 Å². The smallest absolute Gasteiger partial charge is 0.323 e. The molecule has 0 saturated carbocycles. The molecule has 114 valence electrons. The molecule has 0 aliphatic rings. The molecule has 0 atom stereocenters. The molecule has 1 aromatic rings. The van der Waals surface area contributed by atoms with Gasteiger partial charge in [-0.1, -0.05) is 17.9 Å². The molecule has 0 aliphatic heterocycles. The van der Waals surface area contributed by atoms with Crippen LogP contribution in [0, 0.1) is 11.8 Å². The molecule has 1 rings (SSSR count). The van der Waals surface area contributed by atoms with Crippen LogP contribution in [0.3, 0.4) is 0 Å². The lowest BCUT2D eigenvalue weighted by atomic mass is 10.2. The minimum atomic E-state index is -3.81. The molecule has 0 unspecified atom stereocenters. The van der Waals surface area contributed by atoms with E-state index >= 15 is 0 Å². The number of esters is 1. The van der Waals surface area contributed by atoms with Crippen LogP contribution in [0.25, 0.3) is 0 Å². The third-order valence-corrected chi connectivity index (χ3v) is 3.38. The Balaban J connectivity index is 2.77. The van der Waals surface area contributed by atoms with Gasteiger partial charge in [-0.2, -0.15) is 0 Å². The minimum absolute atomic E-state index is 0.0289. The van der Waals surface area contributed by atoms with E-state index in [9.17, 15) is 13.2 Å². The third-order valence-electron chi connectivity index (χ3n) is 2.22. The first-order valence-corrected chi connectivity index (χ1v) is 7.98. The molecule has 6 nitrogen and oxygen atoms in total. The van der Waals surface area contributed by atoms with Crippen LogP contribution in [0.4, 0.5) is 5.69 Å². The van der Waals surface area contributed by atoms with Crippen molar-refractivity contribution in [3.8, 4) is 11.8 Å². The van der Waals surface area contributed by atoms with Crippen LogP contribution in [0.1, 0.15) is 18.9 Å². The standard InChI is InChI=1S/C14H17NO5S/c1-2-20-14(17)11-21(18,19)15-13-8-5-7-12(10-13)6-3-4-9-16/h5,7-8,10,15-16H,2,4,9,11H2,1H3. The van der Waals surface area contributed by atoms with Crippen LogP contribution in [-0.2, 0) is 19.6 Å². The van der Waals surface area contributed by atoms with Gasteiger partial charge in [-0.05, 0) is 25.1 Å². The maximum absolute atomic E-state index is 11.8. The lowest BCUT2D eigenvalue weighted by Crippen LogP contribution is -2.24. The second-order valence-corrected chi connectivity index (χ2v) is 5.74. The van der Waals surface area contributed by atoms with E-state index in [0.29, 0.717) is 17.7 Å². The Morgan fingerprint density at radius 3 is 2.86 bits per heavy atom. The predicted octanol–water partition coefficient (Wildman–Crippen LogP) is 0.725. The average molecular weight is 311 g/mol. The second kappa shape index (κ2) is 8.29. The number of benzene rings is 1. The van der Waals surface area contributed by atoms with Crippen molar-refractivity contribution in [2.45, 2.75) is 13.3 Å². The molecular formula is C14H17NO5S. The maximum Gasteiger partial charge on any atom is 0.323 e. The fourth-order valence-corrected chi connectivity index (χ4v) is 2.41. The molecule has 0 aliphatic carbocycles. The highest BCUT2D eigenvalue weighted by molar-refractivity contribution is 7.93. The van der Waals surface area contributed by atoms with Gasteiger partial charge < -0.3 is 9.84 Å². The number of aliphatic hydroxyl groups is 1. The van der Waals surface area contributed by atoms with Crippen LogP contribution < -0.4 is 4.72 Å². The molecule has 21 heavy (non-hydrogen) atoms. The average Bonchev–Trinajstić information content (AvgIpc) is 2.38. The Hall–Kier alpha value is -2.04. The number of carbonyl (C=O) groups is 1. The van der Waals surface area contributed by atoms with E-state index in [1.807, 2.05) is 0 Å². The number of rotatable bonds is 6. The molecule has 0 radical (unpaired) electrons. The van der Waals surface area contributed by atoms with Gasteiger partial charge in [-0.25, -0.2) is 8.42 Å². The number of hydrogen-bond acceptors (Lipinski definition) is 5.